The summed E-state index contributed by atoms with van der Waals surface area (Å²) in [5.41, 5.74) is 7.92. The SMILES string of the molecule is COc1ccc(/C=C/C(=O)NC(C)C(=O)Nc2cc(C(N)=O)ccc2N2CCCCC2)cc1. The van der Waals surface area contributed by atoms with Crippen LogP contribution in [0.3, 0.4) is 0 Å². The van der Waals surface area contributed by atoms with Gasteiger partial charge in [-0.1, -0.05) is 12.1 Å². The van der Waals surface area contributed by atoms with Crippen LogP contribution in [0, 0.1) is 0 Å². The second kappa shape index (κ2) is 11.2. The second-order valence-corrected chi connectivity index (χ2v) is 7.97. The third-order valence-electron chi connectivity index (χ3n) is 5.53. The maximum atomic E-state index is 12.8. The van der Waals surface area contributed by atoms with Gasteiger partial charge in [-0.05, 0) is 68.2 Å². The van der Waals surface area contributed by atoms with Gasteiger partial charge in [-0.3, -0.25) is 14.4 Å². The smallest absolute Gasteiger partial charge is 0.248 e. The summed E-state index contributed by atoms with van der Waals surface area (Å²) in [6.07, 6.45) is 6.34. The van der Waals surface area contributed by atoms with Crippen LogP contribution in [0.15, 0.2) is 48.5 Å². The van der Waals surface area contributed by atoms with E-state index in [4.69, 9.17) is 10.5 Å². The number of anilines is 2. The quantitative estimate of drug-likeness (QED) is 0.535. The molecule has 0 aromatic heterocycles. The summed E-state index contributed by atoms with van der Waals surface area (Å²) in [4.78, 5) is 38.9. The van der Waals surface area contributed by atoms with Crippen molar-refractivity contribution in [1.82, 2.24) is 5.32 Å². The monoisotopic (exact) mass is 450 g/mol. The van der Waals surface area contributed by atoms with Crippen LogP contribution in [0.1, 0.15) is 42.1 Å². The molecule has 0 saturated carbocycles. The molecule has 1 unspecified atom stereocenters. The number of primary amides is 1. The number of methoxy groups -OCH3 is 1. The van der Waals surface area contributed by atoms with Crippen molar-refractivity contribution >= 4 is 35.2 Å². The van der Waals surface area contributed by atoms with E-state index in [-0.39, 0.29) is 5.91 Å². The highest BCUT2D eigenvalue weighted by Crippen LogP contribution is 2.30. The Balaban J connectivity index is 1.66. The van der Waals surface area contributed by atoms with Crippen LogP contribution in [-0.2, 0) is 9.59 Å². The Morgan fingerprint density at radius 2 is 1.76 bits per heavy atom. The Morgan fingerprint density at radius 3 is 2.39 bits per heavy atom. The first-order valence-electron chi connectivity index (χ1n) is 11.0. The van der Waals surface area contributed by atoms with E-state index >= 15 is 0 Å². The highest BCUT2D eigenvalue weighted by atomic mass is 16.5. The van der Waals surface area contributed by atoms with Crippen molar-refractivity contribution in [1.29, 1.82) is 0 Å². The molecule has 1 aliphatic rings. The molecule has 2 aromatic rings. The molecular formula is C25H30N4O4. The largest absolute Gasteiger partial charge is 0.497 e. The molecule has 1 saturated heterocycles. The molecule has 1 heterocycles. The molecule has 8 nitrogen and oxygen atoms in total. The third-order valence-corrected chi connectivity index (χ3v) is 5.53. The number of amides is 3. The molecule has 2 aromatic carbocycles. The number of piperidine rings is 1. The number of hydrogen-bond donors (Lipinski definition) is 3. The van der Waals surface area contributed by atoms with E-state index in [1.165, 1.54) is 12.5 Å². The summed E-state index contributed by atoms with van der Waals surface area (Å²) in [7, 11) is 1.59. The highest BCUT2D eigenvalue weighted by Gasteiger charge is 2.20. The van der Waals surface area contributed by atoms with E-state index in [0.717, 1.165) is 42.9 Å². The summed E-state index contributed by atoms with van der Waals surface area (Å²) in [6, 6.07) is 11.5. The minimum Gasteiger partial charge on any atom is -0.497 e. The number of rotatable bonds is 8. The van der Waals surface area contributed by atoms with E-state index in [1.54, 1.807) is 44.4 Å². The highest BCUT2D eigenvalue weighted by molar-refractivity contribution is 6.03. The number of carbonyl (C=O) groups excluding carboxylic acids is 3. The Morgan fingerprint density at radius 1 is 1.06 bits per heavy atom. The Kier molecular flexibility index (Phi) is 8.07. The number of ether oxygens (including phenoxy) is 1. The van der Waals surface area contributed by atoms with Gasteiger partial charge >= 0.3 is 0 Å². The van der Waals surface area contributed by atoms with E-state index in [1.807, 2.05) is 18.2 Å². The van der Waals surface area contributed by atoms with Crippen molar-refractivity contribution in [2.24, 2.45) is 5.73 Å². The van der Waals surface area contributed by atoms with Crippen molar-refractivity contribution < 1.29 is 19.1 Å². The average Bonchev–Trinajstić information content (AvgIpc) is 2.83. The number of nitrogens with one attached hydrogen (secondary N) is 2. The van der Waals surface area contributed by atoms with Gasteiger partial charge in [0, 0.05) is 24.7 Å². The van der Waals surface area contributed by atoms with Gasteiger partial charge < -0.3 is 26.0 Å². The van der Waals surface area contributed by atoms with Crippen molar-refractivity contribution in [2.45, 2.75) is 32.2 Å². The van der Waals surface area contributed by atoms with Crippen LogP contribution in [0.2, 0.25) is 0 Å². The summed E-state index contributed by atoms with van der Waals surface area (Å²) in [6.45, 7) is 3.36. The van der Waals surface area contributed by atoms with Crippen LogP contribution in [0.5, 0.6) is 5.75 Å². The van der Waals surface area contributed by atoms with Crippen LogP contribution in [0.4, 0.5) is 11.4 Å². The topological polar surface area (TPSA) is 114 Å². The second-order valence-electron chi connectivity index (χ2n) is 7.97. The van der Waals surface area contributed by atoms with Gasteiger partial charge in [0.15, 0.2) is 0 Å². The Hall–Kier alpha value is -3.81. The molecule has 3 rings (SSSR count). The van der Waals surface area contributed by atoms with Gasteiger partial charge in [0.05, 0.1) is 18.5 Å². The molecule has 0 bridgehead atoms. The first kappa shape index (κ1) is 23.8. The number of nitrogens with two attached hydrogens (primary N) is 1. The minimum atomic E-state index is -0.788. The fourth-order valence-corrected chi connectivity index (χ4v) is 3.65. The van der Waals surface area contributed by atoms with Gasteiger partial charge in [0.2, 0.25) is 17.7 Å². The Labute approximate surface area is 193 Å². The minimum absolute atomic E-state index is 0.310. The summed E-state index contributed by atoms with van der Waals surface area (Å²) in [5, 5.41) is 5.51. The fraction of sp³-hybridized carbons (Fsp3) is 0.320. The van der Waals surface area contributed by atoms with Gasteiger partial charge in [-0.15, -0.1) is 0 Å². The lowest BCUT2D eigenvalue weighted by Crippen LogP contribution is -2.41. The standard InChI is InChI=1S/C25H30N4O4/c1-17(27-23(30)13-8-18-6-10-20(33-2)11-7-18)25(32)28-21-16-19(24(26)31)9-12-22(21)29-14-4-3-5-15-29/h6-13,16-17H,3-5,14-15H2,1-2H3,(H2,26,31)(H,27,30)(H,28,32)/b13-8+. The molecule has 0 radical (unpaired) electrons. The average molecular weight is 451 g/mol. The molecule has 0 aliphatic carbocycles. The Bertz CT molecular complexity index is 1030. The molecule has 0 spiro atoms. The van der Waals surface area contributed by atoms with E-state index in [9.17, 15) is 14.4 Å². The summed E-state index contributed by atoms with van der Waals surface area (Å²) in [5.74, 6) is -0.622. The van der Waals surface area contributed by atoms with Gasteiger partial charge in [0.1, 0.15) is 11.8 Å². The predicted octanol–water partition coefficient (Wildman–Crippen LogP) is 2.94. The number of hydrogen-bond acceptors (Lipinski definition) is 5. The third kappa shape index (κ3) is 6.58. The zero-order chi connectivity index (χ0) is 23.8. The zero-order valence-electron chi connectivity index (χ0n) is 19.0. The maximum Gasteiger partial charge on any atom is 0.248 e. The van der Waals surface area contributed by atoms with Crippen molar-refractivity contribution in [2.75, 3.05) is 30.4 Å². The fourth-order valence-electron chi connectivity index (χ4n) is 3.65. The van der Waals surface area contributed by atoms with E-state index < -0.39 is 17.9 Å². The molecule has 8 heteroatoms. The number of carbonyl (C=O) groups is 3. The summed E-state index contributed by atoms with van der Waals surface area (Å²) < 4.78 is 5.11. The van der Waals surface area contributed by atoms with Crippen molar-refractivity contribution in [3.63, 3.8) is 0 Å². The van der Waals surface area contributed by atoms with Gasteiger partial charge in [0.25, 0.3) is 0 Å². The first-order chi connectivity index (χ1) is 15.9. The van der Waals surface area contributed by atoms with Crippen LogP contribution in [-0.4, -0.2) is 44.0 Å². The van der Waals surface area contributed by atoms with Crippen LogP contribution < -0.4 is 26.0 Å². The molecule has 4 N–H and O–H groups in total. The summed E-state index contributed by atoms with van der Waals surface area (Å²) >= 11 is 0. The van der Waals surface area contributed by atoms with Crippen molar-refractivity contribution in [3.05, 3.63) is 59.7 Å². The van der Waals surface area contributed by atoms with E-state index in [2.05, 4.69) is 15.5 Å². The van der Waals surface area contributed by atoms with Gasteiger partial charge in [-0.2, -0.15) is 0 Å². The number of nitrogens with zero attached hydrogens (tertiary/aromatic N) is 1. The lowest BCUT2D eigenvalue weighted by molar-refractivity contribution is -0.123. The molecular weight excluding hydrogens is 420 g/mol. The molecule has 1 aliphatic heterocycles. The number of benzene rings is 2. The molecule has 1 fully saturated rings. The molecule has 1 atom stereocenters. The lowest BCUT2D eigenvalue weighted by atomic mass is 10.1. The van der Waals surface area contributed by atoms with Crippen LogP contribution >= 0.6 is 0 Å². The van der Waals surface area contributed by atoms with E-state index in [0.29, 0.717) is 11.3 Å². The predicted molar refractivity (Wildman–Crippen MR) is 129 cm³/mol. The van der Waals surface area contributed by atoms with Gasteiger partial charge in [-0.25, -0.2) is 0 Å². The van der Waals surface area contributed by atoms with Crippen LogP contribution in [0.25, 0.3) is 6.08 Å². The lowest BCUT2D eigenvalue weighted by Gasteiger charge is -2.31. The normalized spacial score (nSPS) is 14.5. The maximum absolute atomic E-state index is 12.8. The zero-order valence-corrected chi connectivity index (χ0v) is 19.0. The molecule has 3 amide bonds. The van der Waals surface area contributed by atoms with Crippen molar-refractivity contribution in [3.8, 4) is 5.75 Å². The molecule has 174 valence electrons. The first-order valence-corrected chi connectivity index (χ1v) is 11.0. The molecule has 33 heavy (non-hydrogen) atoms.